The first kappa shape index (κ1) is 12.9. The number of nitrogens with zero attached hydrogens (tertiary/aromatic N) is 1. The molecule has 17 heavy (non-hydrogen) atoms. The van der Waals surface area contributed by atoms with Crippen LogP contribution >= 0.6 is 0 Å². The molecular formula is C14H25NO2. The third kappa shape index (κ3) is 3.01. The Bertz CT molecular complexity index is 278. The maximum Gasteiger partial charge on any atom is 0.308 e. The van der Waals surface area contributed by atoms with Crippen molar-refractivity contribution in [1.82, 2.24) is 4.90 Å². The van der Waals surface area contributed by atoms with E-state index in [1.807, 2.05) is 0 Å². The third-order valence-corrected chi connectivity index (χ3v) is 4.10. The summed E-state index contributed by atoms with van der Waals surface area (Å²) in [5, 5.41) is 0. The molecule has 2 rings (SSSR count). The summed E-state index contributed by atoms with van der Waals surface area (Å²) in [4.78, 5) is 14.2. The number of carbonyl (C=O) groups excluding carboxylic acids is 1. The molecule has 0 bridgehead atoms. The van der Waals surface area contributed by atoms with E-state index in [2.05, 4.69) is 25.7 Å². The Morgan fingerprint density at radius 2 is 1.94 bits per heavy atom. The van der Waals surface area contributed by atoms with Gasteiger partial charge < -0.3 is 4.74 Å². The quantitative estimate of drug-likeness (QED) is 0.709. The van der Waals surface area contributed by atoms with Gasteiger partial charge in [-0.3, -0.25) is 9.69 Å². The van der Waals surface area contributed by atoms with E-state index in [1.54, 1.807) is 0 Å². The normalized spacial score (nSPS) is 26.9. The van der Waals surface area contributed by atoms with Crippen molar-refractivity contribution in [3.05, 3.63) is 0 Å². The minimum Gasteiger partial charge on any atom is -0.464 e. The van der Waals surface area contributed by atoms with Crippen LogP contribution in [0, 0.1) is 5.92 Å². The molecule has 1 aliphatic carbocycles. The third-order valence-electron chi connectivity index (χ3n) is 4.10. The number of esters is 1. The minimum absolute atomic E-state index is 0.0389. The summed E-state index contributed by atoms with van der Waals surface area (Å²) in [7, 11) is 0. The summed E-state index contributed by atoms with van der Waals surface area (Å²) in [5.41, 5.74) is 0.185. The van der Waals surface area contributed by atoms with Crippen molar-refractivity contribution in [3.63, 3.8) is 0 Å². The number of ether oxygens (including phenoxy) is 1. The summed E-state index contributed by atoms with van der Waals surface area (Å²) < 4.78 is 5.47. The van der Waals surface area contributed by atoms with Gasteiger partial charge in [0.1, 0.15) is 6.61 Å². The summed E-state index contributed by atoms with van der Waals surface area (Å²) in [5.74, 6) is 0.247. The molecule has 3 heteroatoms. The van der Waals surface area contributed by atoms with Gasteiger partial charge in [-0.05, 0) is 53.0 Å². The predicted octanol–water partition coefficient (Wildman–Crippen LogP) is 2.59. The highest BCUT2D eigenvalue weighted by molar-refractivity contribution is 5.73. The van der Waals surface area contributed by atoms with Crippen LogP contribution in [-0.4, -0.2) is 35.6 Å². The van der Waals surface area contributed by atoms with Gasteiger partial charge in [0.2, 0.25) is 0 Å². The van der Waals surface area contributed by atoms with E-state index in [0.717, 1.165) is 25.8 Å². The molecule has 2 aliphatic rings. The predicted molar refractivity (Wildman–Crippen MR) is 67.8 cm³/mol. The van der Waals surface area contributed by atoms with Gasteiger partial charge in [-0.1, -0.05) is 6.42 Å². The molecule has 2 fully saturated rings. The second-order valence-electron chi connectivity index (χ2n) is 6.42. The smallest absolute Gasteiger partial charge is 0.308 e. The summed E-state index contributed by atoms with van der Waals surface area (Å²) in [6.45, 7) is 8.43. The first-order valence-corrected chi connectivity index (χ1v) is 6.92. The Labute approximate surface area is 105 Å². The maximum absolute atomic E-state index is 11.7. The van der Waals surface area contributed by atoms with Crippen LogP contribution in [0.3, 0.4) is 0 Å². The molecule has 0 N–H and O–H groups in total. The van der Waals surface area contributed by atoms with Gasteiger partial charge in [0.25, 0.3) is 0 Å². The molecule has 0 amide bonds. The lowest BCUT2D eigenvalue weighted by atomic mass is 9.86. The highest BCUT2D eigenvalue weighted by Crippen LogP contribution is 2.29. The Morgan fingerprint density at radius 1 is 1.24 bits per heavy atom. The topological polar surface area (TPSA) is 29.5 Å². The van der Waals surface area contributed by atoms with Crippen molar-refractivity contribution in [1.29, 1.82) is 0 Å². The average molecular weight is 239 g/mol. The largest absolute Gasteiger partial charge is 0.464 e. The molecular weight excluding hydrogens is 214 g/mol. The van der Waals surface area contributed by atoms with E-state index in [0.29, 0.717) is 12.6 Å². The molecule has 0 spiro atoms. The lowest BCUT2D eigenvalue weighted by Gasteiger charge is -2.37. The van der Waals surface area contributed by atoms with E-state index in [9.17, 15) is 4.79 Å². The van der Waals surface area contributed by atoms with E-state index in [1.165, 1.54) is 12.8 Å². The molecule has 0 aromatic rings. The van der Waals surface area contributed by atoms with Crippen LogP contribution < -0.4 is 0 Å². The zero-order chi connectivity index (χ0) is 12.5. The molecule has 3 nitrogen and oxygen atoms in total. The lowest BCUT2D eigenvalue weighted by molar-refractivity contribution is -0.153. The first-order valence-electron chi connectivity index (χ1n) is 6.92. The molecule has 0 unspecified atom stereocenters. The fraction of sp³-hybridized carbons (Fsp3) is 0.929. The first-order chi connectivity index (χ1) is 7.98. The minimum atomic E-state index is 0.0389. The van der Waals surface area contributed by atoms with Crippen LogP contribution in [0.4, 0.5) is 0 Å². The van der Waals surface area contributed by atoms with E-state index in [4.69, 9.17) is 4.74 Å². The molecule has 1 heterocycles. The molecule has 1 saturated heterocycles. The maximum atomic E-state index is 11.7. The van der Waals surface area contributed by atoms with Crippen molar-refractivity contribution in [2.24, 2.45) is 5.92 Å². The zero-order valence-corrected chi connectivity index (χ0v) is 11.4. The SMILES string of the molecule is CC(C)(C)N1CCC[C@H]1COC(=O)C1CCC1. The lowest BCUT2D eigenvalue weighted by Crippen LogP contribution is -2.46. The molecule has 0 radical (unpaired) electrons. The molecule has 1 aliphatic heterocycles. The monoisotopic (exact) mass is 239 g/mol. The van der Waals surface area contributed by atoms with Gasteiger partial charge >= 0.3 is 5.97 Å². The van der Waals surface area contributed by atoms with Gasteiger partial charge in [-0.25, -0.2) is 0 Å². The van der Waals surface area contributed by atoms with E-state index >= 15 is 0 Å². The fourth-order valence-electron chi connectivity index (χ4n) is 2.83. The van der Waals surface area contributed by atoms with Crippen LogP contribution in [0.15, 0.2) is 0 Å². The van der Waals surface area contributed by atoms with Crippen LogP contribution in [0.25, 0.3) is 0 Å². The highest BCUT2D eigenvalue weighted by atomic mass is 16.5. The number of rotatable bonds is 3. The Balaban J connectivity index is 1.79. The number of hydrogen-bond donors (Lipinski definition) is 0. The van der Waals surface area contributed by atoms with Gasteiger partial charge in [-0.15, -0.1) is 0 Å². The second kappa shape index (κ2) is 4.97. The van der Waals surface area contributed by atoms with Crippen molar-refractivity contribution in [3.8, 4) is 0 Å². The molecule has 98 valence electrons. The van der Waals surface area contributed by atoms with Crippen molar-refractivity contribution >= 4 is 5.97 Å². The number of hydrogen-bond acceptors (Lipinski definition) is 3. The molecule has 1 atom stereocenters. The highest BCUT2D eigenvalue weighted by Gasteiger charge is 2.34. The standard InChI is InChI=1S/C14H25NO2/c1-14(2,3)15-9-5-8-12(15)10-17-13(16)11-6-4-7-11/h11-12H,4-10H2,1-3H3/t12-/m0/s1. The Kier molecular flexibility index (Phi) is 3.76. The van der Waals surface area contributed by atoms with Gasteiger partial charge in [0.05, 0.1) is 5.92 Å². The summed E-state index contributed by atoms with van der Waals surface area (Å²) in [6.07, 6.45) is 5.65. The Morgan fingerprint density at radius 3 is 2.47 bits per heavy atom. The fourth-order valence-corrected chi connectivity index (χ4v) is 2.83. The number of likely N-dealkylation sites (tertiary alicyclic amines) is 1. The zero-order valence-electron chi connectivity index (χ0n) is 11.4. The van der Waals surface area contributed by atoms with Crippen LogP contribution in [0.5, 0.6) is 0 Å². The molecule has 1 saturated carbocycles. The van der Waals surface area contributed by atoms with Crippen LogP contribution in [0.2, 0.25) is 0 Å². The van der Waals surface area contributed by atoms with E-state index in [-0.39, 0.29) is 17.4 Å². The van der Waals surface area contributed by atoms with Gasteiger partial charge in [0, 0.05) is 11.6 Å². The second-order valence-corrected chi connectivity index (χ2v) is 6.42. The summed E-state index contributed by atoms with van der Waals surface area (Å²) in [6, 6.07) is 0.430. The number of carbonyl (C=O) groups is 1. The van der Waals surface area contributed by atoms with E-state index < -0.39 is 0 Å². The van der Waals surface area contributed by atoms with Crippen molar-refractivity contribution < 1.29 is 9.53 Å². The van der Waals surface area contributed by atoms with Crippen molar-refractivity contribution in [2.75, 3.05) is 13.2 Å². The van der Waals surface area contributed by atoms with Gasteiger partial charge in [0.15, 0.2) is 0 Å². The summed E-state index contributed by atoms with van der Waals surface area (Å²) >= 11 is 0. The van der Waals surface area contributed by atoms with Crippen molar-refractivity contribution in [2.45, 2.75) is 64.5 Å². The molecule has 0 aromatic heterocycles. The Hall–Kier alpha value is -0.570. The van der Waals surface area contributed by atoms with Crippen LogP contribution in [0.1, 0.15) is 52.9 Å². The van der Waals surface area contributed by atoms with Crippen LogP contribution in [-0.2, 0) is 9.53 Å². The molecule has 0 aromatic carbocycles. The van der Waals surface area contributed by atoms with Gasteiger partial charge in [-0.2, -0.15) is 0 Å². The average Bonchev–Trinajstić information content (AvgIpc) is 2.58.